The minimum absolute atomic E-state index is 0.0805. The number of hydrogen-bond acceptors (Lipinski definition) is 2. The summed E-state index contributed by atoms with van der Waals surface area (Å²) in [5, 5.41) is -0.212. The van der Waals surface area contributed by atoms with E-state index in [4.69, 9.17) is 27.9 Å². The van der Waals surface area contributed by atoms with Gasteiger partial charge in [-0.2, -0.15) is 0 Å². The van der Waals surface area contributed by atoms with Crippen LogP contribution in [0.5, 0.6) is 0 Å². The number of aldehydes is 1. The first-order chi connectivity index (χ1) is 10.8. The number of carbonyl (C=O) groups is 1. The van der Waals surface area contributed by atoms with Crippen LogP contribution >= 0.6 is 23.2 Å². The van der Waals surface area contributed by atoms with E-state index in [1.54, 1.807) is 0 Å². The lowest BCUT2D eigenvalue weighted by Gasteiger charge is -2.21. The maximum absolute atomic E-state index is 10.9. The highest BCUT2D eigenvalue weighted by Crippen LogP contribution is 2.21. The van der Waals surface area contributed by atoms with E-state index in [-0.39, 0.29) is 11.3 Å². The van der Waals surface area contributed by atoms with Gasteiger partial charge in [0.1, 0.15) is 6.29 Å². The van der Waals surface area contributed by atoms with Crippen molar-refractivity contribution in [2.45, 2.75) is 88.5 Å². The Morgan fingerprint density at radius 2 is 1.64 bits per heavy atom. The van der Waals surface area contributed by atoms with Gasteiger partial charge in [0.15, 0.2) is 0 Å². The van der Waals surface area contributed by atoms with Gasteiger partial charge in [-0.3, -0.25) is 0 Å². The Labute approximate surface area is 146 Å². The summed E-state index contributed by atoms with van der Waals surface area (Å²) in [6.45, 7) is 0.932. The molecule has 1 aliphatic rings. The van der Waals surface area contributed by atoms with Crippen LogP contribution in [0.2, 0.25) is 0 Å². The largest absolute Gasteiger partial charge is 0.378 e. The van der Waals surface area contributed by atoms with Crippen molar-refractivity contribution < 1.29 is 9.53 Å². The smallest absolute Gasteiger partial charge is 0.124 e. The highest BCUT2D eigenvalue weighted by Gasteiger charge is 2.17. The molecule has 0 heterocycles. The van der Waals surface area contributed by atoms with E-state index >= 15 is 0 Å². The van der Waals surface area contributed by atoms with E-state index in [0.717, 1.165) is 25.7 Å². The van der Waals surface area contributed by atoms with Crippen molar-refractivity contribution in [3.05, 3.63) is 0 Å². The molecule has 1 rings (SSSR count). The minimum atomic E-state index is -0.212. The van der Waals surface area contributed by atoms with E-state index in [1.807, 2.05) is 0 Å². The standard InChI is InChI=1S/C18H32Cl2O2/c19-14-18(20)16(15-21)10-6-3-1-2-4-9-13-22-17-11-7-5-8-12-17/h15-18H,1-14H2. The molecule has 0 bridgehead atoms. The van der Waals surface area contributed by atoms with Gasteiger partial charge >= 0.3 is 0 Å². The van der Waals surface area contributed by atoms with E-state index < -0.39 is 0 Å². The van der Waals surface area contributed by atoms with Crippen LogP contribution in [0.1, 0.15) is 77.0 Å². The molecule has 4 heteroatoms. The first-order valence-electron chi connectivity index (χ1n) is 9.05. The molecule has 0 aromatic rings. The van der Waals surface area contributed by atoms with Crippen LogP contribution in [0.15, 0.2) is 0 Å². The maximum Gasteiger partial charge on any atom is 0.124 e. The fraction of sp³-hybridized carbons (Fsp3) is 0.944. The number of unbranched alkanes of at least 4 members (excludes halogenated alkanes) is 5. The first kappa shape index (κ1) is 20.3. The molecule has 130 valence electrons. The Morgan fingerprint density at radius 3 is 2.27 bits per heavy atom. The van der Waals surface area contributed by atoms with Gasteiger partial charge in [0, 0.05) is 18.4 Å². The molecule has 0 aromatic carbocycles. The Kier molecular flexibility index (Phi) is 12.5. The zero-order chi connectivity index (χ0) is 16.0. The monoisotopic (exact) mass is 350 g/mol. The van der Waals surface area contributed by atoms with Crippen LogP contribution in [0.4, 0.5) is 0 Å². The summed E-state index contributed by atoms with van der Waals surface area (Å²) in [7, 11) is 0. The molecule has 0 saturated heterocycles. The van der Waals surface area contributed by atoms with Crippen LogP contribution in [0.3, 0.4) is 0 Å². The number of alkyl halides is 2. The molecule has 0 aromatic heterocycles. The topological polar surface area (TPSA) is 26.3 Å². The summed E-state index contributed by atoms with van der Waals surface area (Å²) < 4.78 is 5.93. The highest BCUT2D eigenvalue weighted by molar-refractivity contribution is 6.28. The van der Waals surface area contributed by atoms with Crippen LogP contribution in [-0.4, -0.2) is 30.3 Å². The van der Waals surface area contributed by atoms with Crippen molar-refractivity contribution in [2.24, 2.45) is 5.92 Å². The molecule has 1 fully saturated rings. The molecule has 2 atom stereocenters. The molecule has 0 aliphatic heterocycles. The molecule has 0 amide bonds. The third-order valence-corrected chi connectivity index (χ3v) is 5.59. The number of ether oxygens (including phenoxy) is 1. The lowest BCUT2D eigenvalue weighted by molar-refractivity contribution is -0.111. The predicted octanol–water partition coefficient (Wildman–Crippen LogP) is 5.73. The molecular weight excluding hydrogens is 319 g/mol. The first-order valence-corrected chi connectivity index (χ1v) is 10.0. The predicted molar refractivity (Wildman–Crippen MR) is 95.1 cm³/mol. The average Bonchev–Trinajstić information content (AvgIpc) is 2.57. The summed E-state index contributed by atoms with van der Waals surface area (Å²) >= 11 is 11.7. The van der Waals surface area contributed by atoms with Crippen LogP contribution in [0, 0.1) is 5.92 Å². The van der Waals surface area contributed by atoms with E-state index in [9.17, 15) is 4.79 Å². The van der Waals surface area contributed by atoms with Gasteiger partial charge in [0.2, 0.25) is 0 Å². The zero-order valence-electron chi connectivity index (χ0n) is 13.8. The zero-order valence-corrected chi connectivity index (χ0v) is 15.3. The Morgan fingerprint density at radius 1 is 1.00 bits per heavy atom. The molecule has 0 N–H and O–H groups in total. The van der Waals surface area contributed by atoms with Gasteiger partial charge in [0.05, 0.1) is 11.5 Å². The Bertz CT molecular complexity index is 268. The summed E-state index contributed by atoms with van der Waals surface area (Å²) in [6, 6.07) is 0. The maximum atomic E-state index is 10.9. The number of rotatable bonds is 13. The van der Waals surface area contributed by atoms with Gasteiger partial charge in [-0.25, -0.2) is 0 Å². The van der Waals surface area contributed by atoms with Crippen molar-refractivity contribution in [1.82, 2.24) is 0 Å². The number of halogens is 2. The molecule has 1 aliphatic carbocycles. The molecule has 22 heavy (non-hydrogen) atoms. The number of carbonyl (C=O) groups excluding carboxylic acids is 1. The van der Waals surface area contributed by atoms with Gasteiger partial charge in [-0.15, -0.1) is 23.2 Å². The molecule has 1 saturated carbocycles. The van der Waals surface area contributed by atoms with Crippen molar-refractivity contribution >= 4 is 29.5 Å². The van der Waals surface area contributed by atoms with Crippen molar-refractivity contribution in [1.29, 1.82) is 0 Å². The van der Waals surface area contributed by atoms with Crippen molar-refractivity contribution in [2.75, 3.05) is 12.5 Å². The second-order valence-corrected chi connectivity index (χ2v) is 7.38. The minimum Gasteiger partial charge on any atom is -0.378 e. The third-order valence-electron chi connectivity index (χ3n) is 4.62. The van der Waals surface area contributed by atoms with Gasteiger partial charge in [-0.1, -0.05) is 51.4 Å². The quantitative estimate of drug-likeness (QED) is 0.241. The summed E-state index contributed by atoms with van der Waals surface area (Å²) in [5.74, 6) is 0.273. The van der Waals surface area contributed by atoms with Crippen molar-refractivity contribution in [3.63, 3.8) is 0 Å². The molecular formula is C18H32Cl2O2. The molecule has 0 spiro atoms. The average molecular weight is 351 g/mol. The van der Waals surface area contributed by atoms with Gasteiger partial charge in [0.25, 0.3) is 0 Å². The van der Waals surface area contributed by atoms with Crippen molar-refractivity contribution in [3.8, 4) is 0 Å². The summed E-state index contributed by atoms with van der Waals surface area (Å²) in [5.41, 5.74) is 0. The fourth-order valence-corrected chi connectivity index (χ4v) is 3.53. The van der Waals surface area contributed by atoms with Crippen LogP contribution in [-0.2, 0) is 9.53 Å². The fourth-order valence-electron chi connectivity index (χ4n) is 3.12. The SMILES string of the molecule is O=CC(CCCCCCCCOC1CCCCC1)C(Cl)CCl. The Balaban J connectivity index is 1.85. The van der Waals surface area contributed by atoms with Crippen LogP contribution in [0.25, 0.3) is 0 Å². The van der Waals surface area contributed by atoms with E-state index in [1.165, 1.54) is 64.2 Å². The number of hydrogen-bond donors (Lipinski definition) is 0. The molecule has 0 radical (unpaired) electrons. The third kappa shape index (κ3) is 9.37. The lowest BCUT2D eigenvalue weighted by Crippen LogP contribution is -2.17. The highest BCUT2D eigenvalue weighted by atomic mass is 35.5. The van der Waals surface area contributed by atoms with Crippen LogP contribution < -0.4 is 0 Å². The normalized spacial score (nSPS) is 19.0. The summed E-state index contributed by atoms with van der Waals surface area (Å²) in [4.78, 5) is 10.9. The van der Waals surface area contributed by atoms with E-state index in [0.29, 0.717) is 12.0 Å². The molecule has 2 nitrogen and oxygen atoms in total. The lowest BCUT2D eigenvalue weighted by atomic mass is 9.98. The van der Waals surface area contributed by atoms with Gasteiger partial charge < -0.3 is 9.53 Å². The second-order valence-electron chi connectivity index (χ2n) is 6.51. The second kappa shape index (κ2) is 13.6. The van der Waals surface area contributed by atoms with E-state index in [2.05, 4.69) is 0 Å². The molecule has 2 unspecified atom stereocenters. The summed E-state index contributed by atoms with van der Waals surface area (Å²) in [6.07, 6.45) is 16.2. The van der Waals surface area contributed by atoms with Gasteiger partial charge in [-0.05, 0) is 25.7 Å². The Hall–Kier alpha value is 0.210.